The van der Waals surface area contributed by atoms with E-state index < -0.39 is 0 Å². The molecule has 6 nitrogen and oxygen atoms in total. The van der Waals surface area contributed by atoms with Gasteiger partial charge in [0.15, 0.2) is 5.11 Å². The van der Waals surface area contributed by atoms with E-state index in [4.69, 9.17) is 12.2 Å². The quantitative estimate of drug-likeness (QED) is 0.571. The van der Waals surface area contributed by atoms with Gasteiger partial charge in [-0.25, -0.2) is 0 Å². The molecule has 0 aliphatic heterocycles. The fourth-order valence-corrected chi connectivity index (χ4v) is 2.06. The van der Waals surface area contributed by atoms with Crippen LogP contribution in [0.1, 0.15) is 20.0 Å². The number of rotatable bonds is 2. The summed E-state index contributed by atoms with van der Waals surface area (Å²) in [6.45, 7) is 0. The number of hydrogen-bond acceptors (Lipinski definition) is 5. The van der Waals surface area contributed by atoms with Crippen LogP contribution in [0.5, 0.6) is 0 Å². The lowest BCUT2D eigenvalue weighted by Gasteiger charge is -2.09. The Kier molecular flexibility index (Phi) is 4.75. The summed E-state index contributed by atoms with van der Waals surface area (Å²) in [6, 6.07) is 6.56. The number of thiocarbonyl (C=S) groups is 1. The normalized spacial score (nSPS) is 9.60. The zero-order chi connectivity index (χ0) is 14.4. The molecule has 0 aromatic carbocycles. The maximum atomic E-state index is 11.7. The summed E-state index contributed by atoms with van der Waals surface area (Å²) in [5.41, 5.74) is 5.27. The van der Waals surface area contributed by atoms with Gasteiger partial charge in [0, 0.05) is 18.0 Å². The Morgan fingerprint density at radius 2 is 1.85 bits per heavy atom. The first-order valence-corrected chi connectivity index (χ1v) is 6.81. The smallest absolute Gasteiger partial charge is 0.269 e. The molecule has 2 aromatic heterocycles. The van der Waals surface area contributed by atoms with Gasteiger partial charge in [0.05, 0.1) is 4.88 Å². The van der Waals surface area contributed by atoms with Gasteiger partial charge in [-0.2, -0.15) is 0 Å². The van der Waals surface area contributed by atoms with Crippen molar-refractivity contribution in [1.82, 2.24) is 21.2 Å². The minimum atomic E-state index is -0.375. The fraction of sp³-hybridized carbons (Fsp3) is 0. The van der Waals surface area contributed by atoms with Crippen molar-refractivity contribution in [3.8, 4) is 0 Å². The molecule has 0 fully saturated rings. The summed E-state index contributed by atoms with van der Waals surface area (Å²) in [7, 11) is 0. The summed E-state index contributed by atoms with van der Waals surface area (Å²) in [5.74, 6) is -0.698. The molecule has 0 spiro atoms. The Labute approximate surface area is 124 Å². The number of aromatic nitrogens is 1. The molecule has 102 valence electrons. The molecule has 0 atom stereocenters. The Morgan fingerprint density at radius 1 is 1.10 bits per heavy atom. The van der Waals surface area contributed by atoms with Gasteiger partial charge in [-0.1, -0.05) is 6.07 Å². The Morgan fingerprint density at radius 3 is 2.50 bits per heavy atom. The monoisotopic (exact) mass is 306 g/mol. The van der Waals surface area contributed by atoms with Crippen molar-refractivity contribution in [2.45, 2.75) is 0 Å². The maximum Gasteiger partial charge on any atom is 0.269 e. The highest BCUT2D eigenvalue weighted by atomic mass is 32.1. The molecule has 0 saturated carbocycles. The van der Waals surface area contributed by atoms with E-state index in [1.807, 2.05) is 0 Å². The first-order chi connectivity index (χ1) is 9.66. The number of hydrogen-bond donors (Lipinski definition) is 3. The van der Waals surface area contributed by atoms with Crippen molar-refractivity contribution in [1.29, 1.82) is 0 Å². The predicted octanol–water partition coefficient (Wildman–Crippen LogP) is 1.09. The Hall–Kier alpha value is -2.32. The largest absolute Gasteiger partial charge is 0.297 e. The van der Waals surface area contributed by atoms with Gasteiger partial charge in [-0.3, -0.25) is 30.7 Å². The summed E-state index contributed by atoms with van der Waals surface area (Å²) in [6.07, 6.45) is 3.01. The molecule has 0 unspecified atom stereocenters. The summed E-state index contributed by atoms with van der Waals surface area (Å²) >= 11 is 6.21. The van der Waals surface area contributed by atoms with Crippen LogP contribution in [0.4, 0.5) is 0 Å². The van der Waals surface area contributed by atoms with Crippen LogP contribution in [-0.2, 0) is 0 Å². The molecule has 20 heavy (non-hydrogen) atoms. The van der Waals surface area contributed by atoms with Gasteiger partial charge in [-0.15, -0.1) is 11.3 Å². The lowest BCUT2D eigenvalue weighted by molar-refractivity contribution is 0.0935. The molecule has 2 rings (SSSR count). The number of nitrogens with zero attached hydrogens (tertiary/aromatic N) is 1. The molecular weight excluding hydrogens is 296 g/mol. The first kappa shape index (κ1) is 14.1. The highest BCUT2D eigenvalue weighted by Gasteiger charge is 2.09. The Balaban J connectivity index is 1.81. The van der Waals surface area contributed by atoms with Gasteiger partial charge < -0.3 is 0 Å². The van der Waals surface area contributed by atoms with Crippen molar-refractivity contribution in [2.24, 2.45) is 0 Å². The van der Waals surface area contributed by atoms with Crippen LogP contribution in [0.25, 0.3) is 0 Å². The molecule has 0 bridgehead atoms. The SMILES string of the molecule is O=C(NNC(=S)NC(=O)c1cccs1)c1ccncc1. The van der Waals surface area contributed by atoms with E-state index >= 15 is 0 Å². The Bertz CT molecular complexity index is 614. The van der Waals surface area contributed by atoms with Crippen molar-refractivity contribution < 1.29 is 9.59 Å². The van der Waals surface area contributed by atoms with Crippen LogP contribution in [0.15, 0.2) is 42.0 Å². The van der Waals surface area contributed by atoms with E-state index in [2.05, 4.69) is 21.2 Å². The molecule has 0 radical (unpaired) electrons. The molecule has 0 aliphatic rings. The summed E-state index contributed by atoms with van der Waals surface area (Å²) < 4.78 is 0. The number of amides is 2. The zero-order valence-corrected chi connectivity index (χ0v) is 11.8. The third-order valence-corrected chi connectivity index (χ3v) is 3.28. The topological polar surface area (TPSA) is 83.1 Å². The van der Waals surface area contributed by atoms with Crippen LogP contribution in [0.3, 0.4) is 0 Å². The first-order valence-electron chi connectivity index (χ1n) is 5.52. The average molecular weight is 306 g/mol. The van der Waals surface area contributed by atoms with Gasteiger partial charge in [0.1, 0.15) is 0 Å². The summed E-state index contributed by atoms with van der Waals surface area (Å²) in [4.78, 5) is 27.7. The van der Waals surface area contributed by atoms with E-state index in [1.165, 1.54) is 23.7 Å². The standard InChI is InChI=1S/C12H10N4O2S2/c17-10(8-3-5-13-6-4-8)15-16-12(19)14-11(18)9-2-1-7-20-9/h1-7H,(H,15,17)(H2,14,16,18,19). The van der Waals surface area contributed by atoms with Crippen LogP contribution >= 0.6 is 23.6 Å². The van der Waals surface area contributed by atoms with Crippen molar-refractivity contribution in [3.63, 3.8) is 0 Å². The third kappa shape index (κ3) is 3.84. The van der Waals surface area contributed by atoms with Crippen molar-refractivity contribution in [3.05, 3.63) is 52.5 Å². The number of thiophene rings is 1. The second kappa shape index (κ2) is 6.73. The van der Waals surface area contributed by atoms with Crippen LogP contribution in [0, 0.1) is 0 Å². The molecule has 2 amide bonds. The van der Waals surface area contributed by atoms with Gasteiger partial charge in [-0.05, 0) is 35.8 Å². The highest BCUT2D eigenvalue weighted by Crippen LogP contribution is 2.07. The number of carbonyl (C=O) groups is 2. The number of pyridine rings is 1. The number of nitrogens with one attached hydrogen (secondary N) is 3. The second-order valence-corrected chi connectivity index (χ2v) is 4.93. The lowest BCUT2D eigenvalue weighted by Crippen LogP contribution is -2.48. The molecule has 3 N–H and O–H groups in total. The molecule has 0 saturated heterocycles. The molecule has 2 heterocycles. The maximum absolute atomic E-state index is 11.7. The molecule has 0 aliphatic carbocycles. The molecule has 8 heteroatoms. The zero-order valence-electron chi connectivity index (χ0n) is 10.1. The second-order valence-electron chi connectivity index (χ2n) is 3.58. The van der Waals surface area contributed by atoms with Crippen LogP contribution < -0.4 is 16.2 Å². The molecule has 2 aromatic rings. The van der Waals surface area contributed by atoms with E-state index in [0.29, 0.717) is 10.4 Å². The summed E-state index contributed by atoms with van der Waals surface area (Å²) in [5, 5.41) is 4.26. The van der Waals surface area contributed by atoms with Crippen molar-refractivity contribution >= 4 is 40.5 Å². The van der Waals surface area contributed by atoms with E-state index in [1.54, 1.807) is 29.6 Å². The van der Waals surface area contributed by atoms with Gasteiger partial charge in [0.25, 0.3) is 11.8 Å². The average Bonchev–Trinajstić information content (AvgIpc) is 3.00. The van der Waals surface area contributed by atoms with Crippen LogP contribution in [0.2, 0.25) is 0 Å². The van der Waals surface area contributed by atoms with Crippen LogP contribution in [-0.4, -0.2) is 21.9 Å². The van der Waals surface area contributed by atoms with Crippen molar-refractivity contribution in [2.75, 3.05) is 0 Å². The predicted molar refractivity (Wildman–Crippen MR) is 79.2 cm³/mol. The number of carbonyl (C=O) groups excluding carboxylic acids is 2. The van der Waals surface area contributed by atoms with E-state index in [-0.39, 0.29) is 16.9 Å². The molecular formula is C12H10N4O2S2. The number of hydrazine groups is 1. The van der Waals surface area contributed by atoms with E-state index in [0.717, 1.165) is 0 Å². The van der Waals surface area contributed by atoms with Gasteiger partial charge in [0.2, 0.25) is 0 Å². The fourth-order valence-electron chi connectivity index (χ4n) is 1.29. The third-order valence-electron chi connectivity index (χ3n) is 2.20. The van der Waals surface area contributed by atoms with E-state index in [9.17, 15) is 9.59 Å². The highest BCUT2D eigenvalue weighted by molar-refractivity contribution is 7.80. The minimum Gasteiger partial charge on any atom is -0.297 e. The minimum absolute atomic E-state index is 0.0193. The van der Waals surface area contributed by atoms with Gasteiger partial charge >= 0.3 is 0 Å². The lowest BCUT2D eigenvalue weighted by atomic mass is 10.3.